The van der Waals surface area contributed by atoms with E-state index in [9.17, 15) is 4.79 Å². The Morgan fingerprint density at radius 3 is 2.68 bits per heavy atom. The second kappa shape index (κ2) is 10.00. The molecule has 2 atom stereocenters. The normalized spacial score (nSPS) is 26.8. The molecule has 0 unspecified atom stereocenters. The molecule has 9 heteroatoms. The lowest BCUT2D eigenvalue weighted by Crippen LogP contribution is -2.51. The molecule has 2 aromatic heterocycles. The second-order valence-electron chi connectivity index (χ2n) is 10.4. The van der Waals surface area contributed by atoms with E-state index < -0.39 is 0 Å². The number of pyridine rings is 1. The van der Waals surface area contributed by atoms with Gasteiger partial charge in [0.05, 0.1) is 17.7 Å². The van der Waals surface area contributed by atoms with E-state index >= 15 is 0 Å². The van der Waals surface area contributed by atoms with Gasteiger partial charge in [-0.3, -0.25) is 4.79 Å². The van der Waals surface area contributed by atoms with Gasteiger partial charge in [-0.25, -0.2) is 4.98 Å². The van der Waals surface area contributed by atoms with E-state index in [-0.39, 0.29) is 17.9 Å². The summed E-state index contributed by atoms with van der Waals surface area (Å²) in [6.45, 7) is 6.77. The zero-order chi connectivity index (χ0) is 23.7. The van der Waals surface area contributed by atoms with Gasteiger partial charge in [-0.2, -0.15) is 0 Å². The predicted octanol–water partition coefficient (Wildman–Crippen LogP) is 2.86. The molecule has 2 aromatic rings. The Labute approximate surface area is 201 Å². The highest BCUT2D eigenvalue weighted by molar-refractivity contribution is 5.98. The average Bonchev–Trinajstić information content (AvgIpc) is 3.54. The van der Waals surface area contributed by atoms with E-state index in [4.69, 9.17) is 9.15 Å². The standard InChI is InChI=1S/C25H36N6O3/c1-15(2)14-31(19-10-20(11-19)33-3)21-5-4-8-27-22(21)23(32)28-18-9-17(12-26-13-18)25-30-29-24(34-25)16-6-7-16/h4-5,8,15-20,26H,6-7,9-14H2,1-3H3,(H,28,32)/t17-,18-,19?,20?/m0/s1. The molecule has 3 fully saturated rings. The summed E-state index contributed by atoms with van der Waals surface area (Å²) >= 11 is 0. The average molecular weight is 469 g/mol. The molecule has 1 amide bonds. The third kappa shape index (κ3) is 5.10. The summed E-state index contributed by atoms with van der Waals surface area (Å²) < 4.78 is 11.4. The van der Waals surface area contributed by atoms with Gasteiger partial charge in [-0.15, -0.1) is 10.2 Å². The number of carbonyl (C=O) groups excluding carboxylic acids is 1. The summed E-state index contributed by atoms with van der Waals surface area (Å²) in [5.74, 6) is 2.31. The van der Waals surface area contributed by atoms with Gasteiger partial charge in [0.2, 0.25) is 11.8 Å². The monoisotopic (exact) mass is 468 g/mol. The number of hydrogen-bond acceptors (Lipinski definition) is 8. The molecule has 2 N–H and O–H groups in total. The van der Waals surface area contributed by atoms with Crippen LogP contribution < -0.4 is 15.5 Å². The number of carbonyl (C=O) groups is 1. The molecule has 0 bridgehead atoms. The summed E-state index contributed by atoms with van der Waals surface area (Å²) in [6, 6.07) is 4.26. The van der Waals surface area contributed by atoms with Crippen molar-refractivity contribution in [3.8, 4) is 0 Å². The van der Waals surface area contributed by atoms with Gasteiger partial charge in [0.15, 0.2) is 5.69 Å². The minimum absolute atomic E-state index is 0.0301. The van der Waals surface area contributed by atoms with Crippen molar-refractivity contribution in [3.63, 3.8) is 0 Å². The van der Waals surface area contributed by atoms with Gasteiger partial charge >= 0.3 is 0 Å². The van der Waals surface area contributed by atoms with E-state index in [1.807, 2.05) is 12.1 Å². The summed E-state index contributed by atoms with van der Waals surface area (Å²) in [4.78, 5) is 20.3. The molecule has 5 rings (SSSR count). The van der Waals surface area contributed by atoms with Gasteiger partial charge in [-0.1, -0.05) is 13.8 Å². The number of hydrogen-bond donors (Lipinski definition) is 2. The molecule has 184 valence electrons. The van der Waals surface area contributed by atoms with E-state index in [1.165, 1.54) is 0 Å². The van der Waals surface area contributed by atoms with Crippen LogP contribution in [-0.2, 0) is 4.74 Å². The summed E-state index contributed by atoms with van der Waals surface area (Å²) in [7, 11) is 1.77. The van der Waals surface area contributed by atoms with Crippen LogP contribution in [0.15, 0.2) is 22.7 Å². The number of rotatable bonds is 9. The molecule has 9 nitrogen and oxygen atoms in total. The van der Waals surface area contributed by atoms with Crippen molar-refractivity contribution in [2.24, 2.45) is 5.92 Å². The van der Waals surface area contributed by atoms with Crippen LogP contribution >= 0.6 is 0 Å². The van der Waals surface area contributed by atoms with Gasteiger partial charge in [-0.05, 0) is 50.2 Å². The van der Waals surface area contributed by atoms with Crippen LogP contribution in [0.25, 0.3) is 0 Å². The van der Waals surface area contributed by atoms with Crippen molar-refractivity contribution in [2.45, 2.75) is 76.0 Å². The number of nitrogens with one attached hydrogen (secondary N) is 2. The van der Waals surface area contributed by atoms with Crippen LogP contribution in [0.1, 0.15) is 80.1 Å². The molecule has 1 saturated heterocycles. The highest BCUT2D eigenvalue weighted by Crippen LogP contribution is 2.40. The molecular weight excluding hydrogens is 432 g/mol. The van der Waals surface area contributed by atoms with Crippen LogP contribution in [0.5, 0.6) is 0 Å². The fraction of sp³-hybridized carbons (Fsp3) is 0.680. The first-order chi connectivity index (χ1) is 16.5. The number of ether oxygens (including phenoxy) is 1. The van der Waals surface area contributed by atoms with Crippen molar-refractivity contribution < 1.29 is 13.9 Å². The van der Waals surface area contributed by atoms with Crippen LogP contribution in [0.3, 0.4) is 0 Å². The third-order valence-corrected chi connectivity index (χ3v) is 7.13. The number of aromatic nitrogens is 3. The maximum Gasteiger partial charge on any atom is 0.272 e. The molecule has 3 aliphatic rings. The Morgan fingerprint density at radius 2 is 1.97 bits per heavy atom. The van der Waals surface area contributed by atoms with Gasteiger partial charge < -0.3 is 24.7 Å². The highest BCUT2D eigenvalue weighted by atomic mass is 16.5. The summed E-state index contributed by atoms with van der Waals surface area (Å²) in [6.07, 6.45) is 6.98. The second-order valence-corrected chi connectivity index (χ2v) is 10.4. The Bertz CT molecular complexity index is 985. The number of piperidine rings is 1. The third-order valence-electron chi connectivity index (χ3n) is 7.13. The zero-order valence-electron chi connectivity index (χ0n) is 20.4. The molecular formula is C25H36N6O3. The predicted molar refractivity (Wildman–Crippen MR) is 128 cm³/mol. The number of anilines is 1. The van der Waals surface area contributed by atoms with Crippen molar-refractivity contribution in [1.82, 2.24) is 25.8 Å². The molecule has 0 spiro atoms. The Kier molecular flexibility index (Phi) is 6.83. The van der Waals surface area contributed by atoms with E-state index in [0.29, 0.717) is 42.1 Å². The lowest BCUT2D eigenvalue weighted by molar-refractivity contribution is 0.0248. The molecule has 0 aromatic carbocycles. The first-order valence-electron chi connectivity index (χ1n) is 12.6. The van der Waals surface area contributed by atoms with Crippen molar-refractivity contribution in [3.05, 3.63) is 35.8 Å². The molecule has 1 aliphatic heterocycles. The summed E-state index contributed by atoms with van der Waals surface area (Å²) in [5, 5.41) is 15.1. The van der Waals surface area contributed by atoms with Gasteiger partial charge in [0.1, 0.15) is 0 Å². The number of amides is 1. The quantitative estimate of drug-likeness (QED) is 0.579. The fourth-order valence-electron chi connectivity index (χ4n) is 5.03. The van der Waals surface area contributed by atoms with Crippen LogP contribution in [-0.4, -0.2) is 66.0 Å². The minimum atomic E-state index is -0.136. The largest absolute Gasteiger partial charge is 0.425 e. The molecule has 3 heterocycles. The fourth-order valence-corrected chi connectivity index (χ4v) is 5.03. The molecule has 34 heavy (non-hydrogen) atoms. The molecule has 0 radical (unpaired) electrons. The summed E-state index contributed by atoms with van der Waals surface area (Å²) in [5.41, 5.74) is 1.39. The maximum absolute atomic E-state index is 13.4. The lowest BCUT2D eigenvalue weighted by Gasteiger charge is -2.44. The Morgan fingerprint density at radius 1 is 1.21 bits per heavy atom. The van der Waals surface area contributed by atoms with Crippen molar-refractivity contribution in [1.29, 1.82) is 0 Å². The Balaban J connectivity index is 1.27. The molecule has 2 saturated carbocycles. The van der Waals surface area contributed by atoms with E-state index in [2.05, 4.69) is 44.6 Å². The van der Waals surface area contributed by atoms with Crippen LogP contribution in [0.4, 0.5) is 5.69 Å². The topological polar surface area (TPSA) is 105 Å². The highest BCUT2D eigenvalue weighted by Gasteiger charge is 2.37. The van der Waals surface area contributed by atoms with Crippen LogP contribution in [0.2, 0.25) is 0 Å². The minimum Gasteiger partial charge on any atom is -0.425 e. The smallest absolute Gasteiger partial charge is 0.272 e. The van der Waals surface area contributed by atoms with E-state index in [1.54, 1.807) is 13.3 Å². The first-order valence-corrected chi connectivity index (χ1v) is 12.6. The van der Waals surface area contributed by atoms with Gasteiger partial charge in [0.25, 0.3) is 5.91 Å². The zero-order valence-corrected chi connectivity index (χ0v) is 20.4. The van der Waals surface area contributed by atoms with Crippen molar-refractivity contribution >= 4 is 11.6 Å². The molecule has 2 aliphatic carbocycles. The van der Waals surface area contributed by atoms with Crippen LogP contribution in [0, 0.1) is 5.92 Å². The Hall–Kier alpha value is -2.52. The maximum atomic E-state index is 13.4. The van der Waals surface area contributed by atoms with Crippen molar-refractivity contribution in [2.75, 3.05) is 31.6 Å². The number of nitrogens with zero attached hydrogens (tertiary/aromatic N) is 4. The SMILES string of the molecule is COC1CC(N(CC(C)C)c2cccnc2C(=O)N[C@@H]2CNC[C@@H](c3nnc(C4CC4)o3)C2)C1. The number of methoxy groups -OCH3 is 1. The first kappa shape index (κ1) is 23.2. The van der Waals surface area contributed by atoms with Gasteiger partial charge in [0, 0.05) is 50.9 Å². The lowest BCUT2D eigenvalue weighted by atomic mass is 9.86. The van der Waals surface area contributed by atoms with E-state index in [0.717, 1.165) is 56.8 Å².